The number of ether oxygens (including phenoxy) is 1. The zero-order chi connectivity index (χ0) is 18.8. The summed E-state index contributed by atoms with van der Waals surface area (Å²) in [4.78, 5) is 0. The maximum Gasteiger partial charge on any atom is 0.126 e. The first-order chi connectivity index (χ1) is 12.1. The summed E-state index contributed by atoms with van der Waals surface area (Å²) >= 11 is 0. The molecule has 0 saturated carbocycles. The van der Waals surface area contributed by atoms with Crippen molar-refractivity contribution in [3.05, 3.63) is 0 Å². The van der Waals surface area contributed by atoms with Crippen molar-refractivity contribution in [2.45, 2.75) is 77.2 Å². The Morgan fingerprint density at radius 3 is 1.76 bits per heavy atom. The molecule has 3 N–H and O–H groups in total. The van der Waals surface area contributed by atoms with E-state index < -0.39 is 6.10 Å². The van der Waals surface area contributed by atoms with Crippen LogP contribution in [0, 0.1) is 0 Å². The second-order valence-electron chi connectivity index (χ2n) is 7.61. The van der Waals surface area contributed by atoms with Gasteiger partial charge in [0.05, 0.1) is 26.9 Å². The van der Waals surface area contributed by atoms with Gasteiger partial charge in [0.25, 0.3) is 0 Å². The van der Waals surface area contributed by atoms with E-state index in [-0.39, 0.29) is 13.2 Å². The Balaban J connectivity index is 3.49. The van der Waals surface area contributed by atoms with Gasteiger partial charge in [0, 0.05) is 6.61 Å². The van der Waals surface area contributed by atoms with Crippen LogP contribution in [0.3, 0.4) is 0 Å². The predicted octanol–water partition coefficient (Wildman–Crippen LogP) is 2.72. The molecule has 0 radical (unpaired) electrons. The van der Waals surface area contributed by atoms with Crippen LogP contribution in [0.4, 0.5) is 0 Å². The summed E-state index contributed by atoms with van der Waals surface area (Å²) in [6.45, 7) is 4.99. The van der Waals surface area contributed by atoms with Gasteiger partial charge in [0.15, 0.2) is 0 Å². The largest absolute Gasteiger partial charge is 0.391 e. The van der Waals surface area contributed by atoms with E-state index in [1.807, 2.05) is 7.05 Å². The highest BCUT2D eigenvalue weighted by Gasteiger charge is 2.24. The van der Waals surface area contributed by atoms with Crippen LogP contribution in [0.15, 0.2) is 0 Å². The molecule has 25 heavy (non-hydrogen) atoms. The summed E-state index contributed by atoms with van der Waals surface area (Å²) in [5, 5.41) is 28.3. The van der Waals surface area contributed by atoms with Gasteiger partial charge in [0.2, 0.25) is 0 Å². The van der Waals surface area contributed by atoms with E-state index >= 15 is 0 Å². The predicted molar refractivity (Wildman–Crippen MR) is 104 cm³/mol. The van der Waals surface area contributed by atoms with Crippen LogP contribution in [0.2, 0.25) is 0 Å². The SMILES string of the molecule is CCCCCCCCCCCCOCC(O)C[N+](C)(CCO)CCO. The molecule has 0 fully saturated rings. The van der Waals surface area contributed by atoms with Gasteiger partial charge in [-0.3, -0.25) is 0 Å². The summed E-state index contributed by atoms with van der Waals surface area (Å²) in [7, 11) is 1.94. The molecular weight excluding hydrogens is 318 g/mol. The number of rotatable bonds is 19. The lowest BCUT2D eigenvalue weighted by Crippen LogP contribution is -2.52. The highest BCUT2D eigenvalue weighted by molar-refractivity contribution is 4.54. The Bertz CT molecular complexity index is 270. The lowest BCUT2D eigenvalue weighted by molar-refractivity contribution is -0.913. The topological polar surface area (TPSA) is 69.9 Å². The van der Waals surface area contributed by atoms with Crippen LogP contribution in [-0.2, 0) is 4.74 Å². The van der Waals surface area contributed by atoms with Crippen LogP contribution in [0.5, 0.6) is 0 Å². The van der Waals surface area contributed by atoms with E-state index in [0.29, 0.717) is 37.3 Å². The van der Waals surface area contributed by atoms with E-state index in [0.717, 1.165) is 6.42 Å². The molecule has 1 unspecified atom stereocenters. The first-order valence-corrected chi connectivity index (χ1v) is 10.4. The zero-order valence-corrected chi connectivity index (χ0v) is 16.8. The third-order valence-corrected chi connectivity index (χ3v) is 4.88. The van der Waals surface area contributed by atoms with Gasteiger partial charge in [-0.05, 0) is 6.42 Å². The lowest BCUT2D eigenvalue weighted by Gasteiger charge is -2.35. The third-order valence-electron chi connectivity index (χ3n) is 4.88. The zero-order valence-electron chi connectivity index (χ0n) is 16.8. The highest BCUT2D eigenvalue weighted by atomic mass is 16.5. The first kappa shape index (κ1) is 24.8. The molecule has 0 spiro atoms. The van der Waals surface area contributed by atoms with Gasteiger partial charge in [0.1, 0.15) is 25.7 Å². The van der Waals surface area contributed by atoms with Crippen molar-refractivity contribution >= 4 is 0 Å². The van der Waals surface area contributed by atoms with Gasteiger partial charge in [-0.1, -0.05) is 64.7 Å². The molecule has 152 valence electrons. The molecule has 0 aliphatic carbocycles. The van der Waals surface area contributed by atoms with Crippen molar-refractivity contribution < 1.29 is 24.5 Å². The van der Waals surface area contributed by atoms with E-state index in [1.54, 1.807) is 0 Å². The number of likely N-dealkylation sites (N-methyl/N-ethyl adjacent to an activating group) is 1. The van der Waals surface area contributed by atoms with Crippen molar-refractivity contribution in [2.75, 3.05) is 53.1 Å². The molecule has 0 amide bonds. The maximum absolute atomic E-state index is 10.1. The van der Waals surface area contributed by atoms with Gasteiger partial charge in [-0.15, -0.1) is 0 Å². The van der Waals surface area contributed by atoms with E-state index in [9.17, 15) is 5.11 Å². The molecule has 5 heteroatoms. The number of quaternary nitrogens is 1. The number of aliphatic hydroxyl groups excluding tert-OH is 3. The van der Waals surface area contributed by atoms with Crippen LogP contribution in [0.1, 0.15) is 71.1 Å². The Labute approximate surface area is 155 Å². The first-order valence-electron chi connectivity index (χ1n) is 10.4. The monoisotopic (exact) mass is 362 g/mol. The second-order valence-corrected chi connectivity index (χ2v) is 7.61. The molecule has 0 aromatic heterocycles. The van der Waals surface area contributed by atoms with Crippen LogP contribution >= 0.6 is 0 Å². The van der Waals surface area contributed by atoms with E-state index in [1.165, 1.54) is 57.8 Å². The standard InChI is InChI=1S/C20H44NO4/c1-3-4-5-6-7-8-9-10-11-12-17-25-19-20(24)18-21(2,13-15-22)14-16-23/h20,22-24H,3-19H2,1-2H3/q+1. The Hall–Kier alpha value is -0.200. The van der Waals surface area contributed by atoms with Crippen molar-refractivity contribution in [3.8, 4) is 0 Å². The van der Waals surface area contributed by atoms with Crippen LogP contribution < -0.4 is 0 Å². The Morgan fingerprint density at radius 2 is 1.28 bits per heavy atom. The average molecular weight is 363 g/mol. The maximum atomic E-state index is 10.1. The summed E-state index contributed by atoms with van der Waals surface area (Å²) < 4.78 is 6.05. The van der Waals surface area contributed by atoms with Crippen molar-refractivity contribution in [2.24, 2.45) is 0 Å². The van der Waals surface area contributed by atoms with Crippen molar-refractivity contribution in [1.82, 2.24) is 0 Å². The van der Waals surface area contributed by atoms with E-state index in [4.69, 9.17) is 14.9 Å². The molecule has 0 bridgehead atoms. The molecule has 1 atom stereocenters. The van der Waals surface area contributed by atoms with Gasteiger partial charge < -0.3 is 24.5 Å². The fraction of sp³-hybridized carbons (Fsp3) is 1.00. The highest BCUT2D eigenvalue weighted by Crippen LogP contribution is 2.10. The number of unbranched alkanes of at least 4 members (excludes halogenated alkanes) is 9. The Morgan fingerprint density at radius 1 is 0.800 bits per heavy atom. The number of hydrogen-bond acceptors (Lipinski definition) is 4. The summed E-state index contributed by atoms with van der Waals surface area (Å²) in [5.74, 6) is 0. The lowest BCUT2D eigenvalue weighted by atomic mass is 10.1. The molecule has 5 nitrogen and oxygen atoms in total. The van der Waals surface area contributed by atoms with Crippen LogP contribution in [0.25, 0.3) is 0 Å². The van der Waals surface area contributed by atoms with Gasteiger partial charge >= 0.3 is 0 Å². The molecule has 0 heterocycles. The summed E-state index contributed by atoms with van der Waals surface area (Å²) in [5.41, 5.74) is 0. The van der Waals surface area contributed by atoms with E-state index in [2.05, 4.69) is 6.92 Å². The summed E-state index contributed by atoms with van der Waals surface area (Å²) in [6, 6.07) is 0. The Kier molecular flexibility index (Phi) is 17.1. The minimum Gasteiger partial charge on any atom is -0.391 e. The summed E-state index contributed by atoms with van der Waals surface area (Å²) in [6.07, 6.45) is 12.5. The van der Waals surface area contributed by atoms with Gasteiger partial charge in [-0.25, -0.2) is 0 Å². The molecule has 0 rings (SSSR count). The minimum atomic E-state index is -0.550. The second kappa shape index (κ2) is 17.2. The fourth-order valence-corrected chi connectivity index (χ4v) is 3.25. The van der Waals surface area contributed by atoms with Gasteiger partial charge in [-0.2, -0.15) is 0 Å². The molecule has 0 aromatic rings. The van der Waals surface area contributed by atoms with Crippen molar-refractivity contribution in [3.63, 3.8) is 0 Å². The van der Waals surface area contributed by atoms with Crippen LogP contribution in [-0.4, -0.2) is 79.0 Å². The fourth-order valence-electron chi connectivity index (χ4n) is 3.25. The molecule has 0 aromatic carbocycles. The number of nitrogens with zero attached hydrogens (tertiary/aromatic N) is 1. The normalized spacial score (nSPS) is 13.3. The average Bonchev–Trinajstić information content (AvgIpc) is 2.56. The smallest absolute Gasteiger partial charge is 0.126 e. The number of hydrogen-bond donors (Lipinski definition) is 3. The quantitative estimate of drug-likeness (QED) is 0.244. The van der Waals surface area contributed by atoms with Crippen molar-refractivity contribution in [1.29, 1.82) is 0 Å². The molecule has 0 saturated heterocycles. The molecule has 0 aliphatic rings. The molecular formula is C20H44NO4+. The third kappa shape index (κ3) is 15.7. The molecule has 0 aliphatic heterocycles. The number of aliphatic hydroxyl groups is 3. The minimum absolute atomic E-state index is 0.0582.